The first-order valence-electron chi connectivity index (χ1n) is 6.96. The van der Waals surface area contributed by atoms with Crippen LogP contribution in [-0.4, -0.2) is 12.3 Å². The van der Waals surface area contributed by atoms with Crippen molar-refractivity contribution in [3.05, 3.63) is 71.0 Å². The van der Waals surface area contributed by atoms with Gasteiger partial charge in [-0.3, -0.25) is 4.99 Å². The van der Waals surface area contributed by atoms with Crippen molar-refractivity contribution in [1.82, 2.24) is 0 Å². The largest absolute Gasteiger partial charge is 0.294 e. The number of hydrogen-bond acceptors (Lipinski definition) is 1. The Bertz CT molecular complexity index is 589. The molecule has 2 heteroatoms. The molecule has 0 unspecified atom stereocenters. The van der Waals surface area contributed by atoms with Crippen molar-refractivity contribution in [3.8, 4) is 0 Å². The molecule has 0 aliphatic carbocycles. The van der Waals surface area contributed by atoms with Gasteiger partial charge in [-0.25, -0.2) is 4.39 Å². The number of hydrogen-bond donors (Lipinski definition) is 0. The van der Waals surface area contributed by atoms with Gasteiger partial charge in [0.25, 0.3) is 0 Å². The zero-order valence-electron chi connectivity index (χ0n) is 12.0. The molecule has 0 N–H and O–H groups in total. The van der Waals surface area contributed by atoms with E-state index in [4.69, 9.17) is 0 Å². The third kappa shape index (κ3) is 4.02. The van der Waals surface area contributed by atoms with Gasteiger partial charge in [0.2, 0.25) is 0 Å². The molecule has 2 aromatic rings. The van der Waals surface area contributed by atoms with Crippen LogP contribution in [0, 0.1) is 12.7 Å². The van der Waals surface area contributed by atoms with Crippen LogP contribution in [0.3, 0.4) is 0 Å². The Labute approximate surface area is 120 Å². The molecule has 0 radical (unpaired) electrons. The van der Waals surface area contributed by atoms with Gasteiger partial charge in [0.05, 0.1) is 6.04 Å². The number of rotatable bonds is 5. The summed E-state index contributed by atoms with van der Waals surface area (Å²) in [6.07, 6.45) is 3.28. The smallest absolute Gasteiger partial charge is 0.126 e. The first kappa shape index (κ1) is 14.4. The maximum absolute atomic E-state index is 13.5. The Balaban J connectivity index is 1.92. The van der Waals surface area contributed by atoms with E-state index >= 15 is 0 Å². The van der Waals surface area contributed by atoms with Crippen LogP contribution in [0.25, 0.3) is 0 Å². The van der Waals surface area contributed by atoms with E-state index in [0.717, 1.165) is 6.42 Å². The van der Waals surface area contributed by atoms with Crippen molar-refractivity contribution in [2.24, 2.45) is 4.99 Å². The fourth-order valence-corrected chi connectivity index (χ4v) is 2.21. The number of aryl methyl sites for hydroxylation is 1. The van der Waals surface area contributed by atoms with Gasteiger partial charge in [0.15, 0.2) is 0 Å². The first-order valence-corrected chi connectivity index (χ1v) is 6.96. The van der Waals surface area contributed by atoms with E-state index in [0.29, 0.717) is 12.0 Å². The summed E-state index contributed by atoms with van der Waals surface area (Å²) in [4.78, 5) is 4.51. The normalized spacial score (nSPS) is 12.8. The Morgan fingerprint density at radius 3 is 2.40 bits per heavy atom. The maximum Gasteiger partial charge on any atom is 0.126 e. The maximum atomic E-state index is 13.5. The molecule has 0 aromatic heterocycles. The summed E-state index contributed by atoms with van der Waals surface area (Å²) >= 11 is 0. The summed E-state index contributed by atoms with van der Waals surface area (Å²) in [6, 6.07) is 15.4. The predicted molar refractivity (Wildman–Crippen MR) is 82.9 cm³/mol. The predicted octanol–water partition coefficient (Wildman–Crippen LogP) is 4.38. The van der Waals surface area contributed by atoms with Crippen LogP contribution < -0.4 is 0 Å². The second-order valence-corrected chi connectivity index (χ2v) is 5.11. The molecular formula is C18H20FN. The quantitative estimate of drug-likeness (QED) is 0.714. The zero-order chi connectivity index (χ0) is 14.4. The van der Waals surface area contributed by atoms with E-state index in [1.165, 1.54) is 17.2 Å². The molecule has 1 nitrogen and oxygen atoms in total. The van der Waals surface area contributed by atoms with Crippen LogP contribution in [0.1, 0.15) is 23.6 Å². The lowest BCUT2D eigenvalue weighted by atomic mass is 10.0. The van der Waals surface area contributed by atoms with Crippen LogP contribution in [0.15, 0.2) is 53.5 Å². The van der Waals surface area contributed by atoms with Gasteiger partial charge in [-0.1, -0.05) is 42.5 Å². The van der Waals surface area contributed by atoms with Gasteiger partial charge in [-0.05, 0) is 43.0 Å². The van der Waals surface area contributed by atoms with Crippen molar-refractivity contribution in [1.29, 1.82) is 0 Å². The van der Waals surface area contributed by atoms with Crippen LogP contribution in [0.5, 0.6) is 0 Å². The lowest BCUT2D eigenvalue weighted by molar-refractivity contribution is 0.616. The van der Waals surface area contributed by atoms with Crippen LogP contribution in [-0.2, 0) is 12.8 Å². The second-order valence-electron chi connectivity index (χ2n) is 5.11. The van der Waals surface area contributed by atoms with Crippen LogP contribution in [0.2, 0.25) is 0 Å². The summed E-state index contributed by atoms with van der Waals surface area (Å²) < 4.78 is 13.5. The fraction of sp³-hybridized carbons (Fsp3) is 0.278. The average molecular weight is 269 g/mol. The number of halogens is 1. The molecule has 0 aliphatic heterocycles. The van der Waals surface area contributed by atoms with E-state index in [1.54, 1.807) is 12.1 Å². The molecule has 0 saturated carbocycles. The number of nitrogens with zero attached hydrogens (tertiary/aromatic N) is 1. The molecule has 0 amide bonds. The average Bonchev–Trinajstić information content (AvgIpc) is 2.43. The van der Waals surface area contributed by atoms with Crippen LogP contribution in [0.4, 0.5) is 4.39 Å². The topological polar surface area (TPSA) is 12.4 Å². The molecular weight excluding hydrogens is 249 g/mol. The van der Waals surface area contributed by atoms with Gasteiger partial charge >= 0.3 is 0 Å². The lowest BCUT2D eigenvalue weighted by Crippen LogP contribution is -2.05. The minimum Gasteiger partial charge on any atom is -0.294 e. The molecule has 0 fully saturated rings. The molecule has 0 bridgehead atoms. The zero-order valence-corrected chi connectivity index (χ0v) is 12.0. The molecule has 2 rings (SSSR count). The summed E-state index contributed by atoms with van der Waals surface area (Å²) in [7, 11) is 0. The highest BCUT2D eigenvalue weighted by Gasteiger charge is 2.03. The Kier molecular flexibility index (Phi) is 5.05. The third-order valence-electron chi connectivity index (χ3n) is 3.41. The van der Waals surface area contributed by atoms with E-state index in [-0.39, 0.29) is 11.9 Å². The van der Waals surface area contributed by atoms with Gasteiger partial charge in [-0.15, -0.1) is 0 Å². The van der Waals surface area contributed by atoms with E-state index in [1.807, 2.05) is 18.3 Å². The lowest BCUT2D eigenvalue weighted by Gasteiger charge is -2.09. The number of aliphatic imine (C=N–C) groups is 1. The molecule has 1 atom stereocenters. The minimum atomic E-state index is -0.162. The summed E-state index contributed by atoms with van der Waals surface area (Å²) in [5, 5.41) is 0. The Hall–Kier alpha value is -1.96. The van der Waals surface area contributed by atoms with Gasteiger partial charge in [0.1, 0.15) is 5.82 Å². The van der Waals surface area contributed by atoms with Crippen molar-refractivity contribution < 1.29 is 4.39 Å². The SMILES string of the molecule is Cc1ccccc1C[C@@H](C)N=CCc1ccccc1F. The first-order chi connectivity index (χ1) is 9.66. The third-order valence-corrected chi connectivity index (χ3v) is 3.41. The van der Waals surface area contributed by atoms with E-state index in [9.17, 15) is 4.39 Å². The van der Waals surface area contributed by atoms with Gasteiger partial charge in [-0.2, -0.15) is 0 Å². The summed E-state index contributed by atoms with van der Waals surface area (Å²) in [6.45, 7) is 4.20. The van der Waals surface area contributed by atoms with Gasteiger partial charge < -0.3 is 0 Å². The monoisotopic (exact) mass is 269 g/mol. The van der Waals surface area contributed by atoms with Crippen molar-refractivity contribution in [2.45, 2.75) is 32.7 Å². The molecule has 2 aromatic carbocycles. The highest BCUT2D eigenvalue weighted by atomic mass is 19.1. The molecule has 104 valence electrons. The second kappa shape index (κ2) is 6.99. The summed E-state index contributed by atoms with van der Waals surface area (Å²) in [5.74, 6) is -0.162. The summed E-state index contributed by atoms with van der Waals surface area (Å²) in [5.41, 5.74) is 3.31. The molecule has 0 heterocycles. The van der Waals surface area contributed by atoms with Crippen molar-refractivity contribution in [2.75, 3.05) is 0 Å². The highest BCUT2D eigenvalue weighted by molar-refractivity contribution is 5.61. The Morgan fingerprint density at radius 1 is 1.05 bits per heavy atom. The van der Waals surface area contributed by atoms with Gasteiger partial charge in [0, 0.05) is 12.6 Å². The van der Waals surface area contributed by atoms with Crippen molar-refractivity contribution >= 4 is 6.21 Å². The molecule has 20 heavy (non-hydrogen) atoms. The molecule has 0 spiro atoms. The highest BCUT2D eigenvalue weighted by Crippen LogP contribution is 2.11. The molecule has 0 saturated heterocycles. The van der Waals surface area contributed by atoms with Crippen LogP contribution >= 0.6 is 0 Å². The van der Waals surface area contributed by atoms with E-state index < -0.39 is 0 Å². The fourth-order valence-electron chi connectivity index (χ4n) is 2.21. The number of benzene rings is 2. The van der Waals surface area contributed by atoms with Crippen molar-refractivity contribution in [3.63, 3.8) is 0 Å². The minimum absolute atomic E-state index is 0.162. The van der Waals surface area contributed by atoms with E-state index in [2.05, 4.69) is 37.0 Å². The Morgan fingerprint density at radius 2 is 1.70 bits per heavy atom. The molecule has 0 aliphatic rings. The standard InChI is InChI=1S/C18H20FN/c1-14-7-3-4-9-17(14)13-15(2)20-12-11-16-8-5-6-10-18(16)19/h3-10,12,15H,11,13H2,1-2H3/t15-/m1/s1.